The number of carboxylic acid groups (broad SMARTS) is 1. The molecule has 5 aromatic carbocycles. The summed E-state index contributed by atoms with van der Waals surface area (Å²) in [6.45, 7) is -1.15. The molecule has 0 aromatic heterocycles. The minimum atomic E-state index is -2.53. The van der Waals surface area contributed by atoms with Crippen LogP contribution in [0, 0.1) is 0 Å². The van der Waals surface area contributed by atoms with Gasteiger partial charge >= 0.3 is 29.8 Å². The molecule has 5 aromatic rings. The number of rotatable bonds is 7. The number of aliphatic hydroxyl groups is 1. The van der Waals surface area contributed by atoms with E-state index in [9.17, 15) is 95.5 Å². The van der Waals surface area contributed by atoms with Crippen LogP contribution in [0.5, 0.6) is 80.5 Å². The standard InChI is InChI=1S/C41H30O25/c42-16-6-13(24(9-17(16)43)62-23-2-1-11(36(54)55)3-18(23)44)39(58)66-35-34(65-37(56)12-4-19(45)28(49)20(46)5-12)33-25(63-41(35)60)10-61-38(57)14-7-21(47)29(50)31(52)26(14)27-15(40(59)64-33)8-22(48)30(51)32(27)53/h1-9,25,33-35,41-53,60H,10H2,(H,54,55). The summed E-state index contributed by atoms with van der Waals surface area (Å²) in [6.07, 6.45) is -11.7. The summed E-state index contributed by atoms with van der Waals surface area (Å²) in [5.74, 6) is -23.2. The fourth-order valence-electron chi connectivity index (χ4n) is 6.73. The van der Waals surface area contributed by atoms with Crippen LogP contribution in [0.15, 0.2) is 54.6 Å². The number of carbonyl (C=O) groups is 5. The summed E-state index contributed by atoms with van der Waals surface area (Å²) >= 11 is 0. The lowest BCUT2D eigenvalue weighted by Gasteiger charge is -2.42. The van der Waals surface area contributed by atoms with Crippen LogP contribution in [-0.2, 0) is 23.7 Å². The highest BCUT2D eigenvalue weighted by Crippen LogP contribution is 2.53. The number of ether oxygens (including phenoxy) is 6. The van der Waals surface area contributed by atoms with E-state index in [1.54, 1.807) is 0 Å². The van der Waals surface area contributed by atoms with Crippen molar-refractivity contribution >= 4 is 29.8 Å². The highest BCUT2D eigenvalue weighted by molar-refractivity contribution is 6.08. The van der Waals surface area contributed by atoms with Crippen molar-refractivity contribution in [3.05, 3.63) is 82.4 Å². The Labute approximate surface area is 364 Å². The van der Waals surface area contributed by atoms with Gasteiger partial charge in [0.2, 0.25) is 11.5 Å². The Morgan fingerprint density at radius 2 is 1.08 bits per heavy atom. The molecule has 5 unspecified atom stereocenters. The number of fused-ring (bicyclic) bond motifs is 4. The maximum atomic E-state index is 14.3. The molecule has 2 aliphatic heterocycles. The Hall–Kier alpha value is -9.23. The number of hydrogen-bond acceptors (Lipinski definition) is 24. The van der Waals surface area contributed by atoms with Crippen molar-refractivity contribution in [2.75, 3.05) is 6.61 Å². The molecule has 0 spiro atoms. The van der Waals surface area contributed by atoms with Gasteiger partial charge in [-0.1, -0.05) is 0 Å². The molecule has 0 radical (unpaired) electrons. The molecule has 344 valence electrons. The van der Waals surface area contributed by atoms with Gasteiger partial charge < -0.3 is 99.9 Å². The van der Waals surface area contributed by atoms with E-state index >= 15 is 0 Å². The van der Waals surface area contributed by atoms with E-state index in [0.717, 1.165) is 18.2 Å². The predicted octanol–water partition coefficient (Wildman–Crippen LogP) is 2.18. The van der Waals surface area contributed by atoms with Gasteiger partial charge in [-0.25, -0.2) is 24.0 Å². The molecule has 0 bridgehead atoms. The first-order chi connectivity index (χ1) is 31.1. The second kappa shape index (κ2) is 16.8. The first-order valence-corrected chi connectivity index (χ1v) is 18.3. The summed E-state index contributed by atoms with van der Waals surface area (Å²) < 4.78 is 33.0. The minimum Gasteiger partial charge on any atom is -0.504 e. The molecule has 5 atom stereocenters. The van der Waals surface area contributed by atoms with Gasteiger partial charge in [-0.15, -0.1) is 0 Å². The van der Waals surface area contributed by atoms with Crippen molar-refractivity contribution in [1.29, 1.82) is 0 Å². The SMILES string of the molecule is O=C(O)c1ccc(Oc2cc(O)c(O)cc2C(=O)OC2C(O)OC3COC(=O)c4cc(O)c(O)c(O)c4-c4c(cc(O)c(O)c4O)C(=O)OC3C2OC(=O)c2cc(O)c(O)c(O)c2)c(O)c1. The first-order valence-electron chi connectivity index (χ1n) is 18.3. The second-order valence-electron chi connectivity index (χ2n) is 14.1. The quantitative estimate of drug-likeness (QED) is 0.0632. The van der Waals surface area contributed by atoms with Crippen molar-refractivity contribution in [2.24, 2.45) is 0 Å². The monoisotopic (exact) mass is 922 g/mol. The summed E-state index contributed by atoms with van der Waals surface area (Å²) in [4.78, 5) is 67.1. The van der Waals surface area contributed by atoms with Crippen molar-refractivity contribution in [3.8, 4) is 91.6 Å². The van der Waals surface area contributed by atoms with Gasteiger partial charge in [0.05, 0.1) is 22.3 Å². The number of hydrogen-bond donors (Lipinski definition) is 14. The van der Waals surface area contributed by atoms with Crippen LogP contribution in [0.4, 0.5) is 0 Å². The fraction of sp³-hybridized carbons (Fsp3) is 0.146. The Bertz CT molecular complexity index is 2860. The molecule has 0 aliphatic carbocycles. The van der Waals surface area contributed by atoms with E-state index < -0.39 is 187 Å². The van der Waals surface area contributed by atoms with E-state index in [-0.39, 0.29) is 0 Å². The molecular weight excluding hydrogens is 892 g/mol. The first kappa shape index (κ1) is 44.8. The number of aromatic hydroxyl groups is 12. The Morgan fingerprint density at radius 3 is 1.65 bits per heavy atom. The third-order valence-corrected chi connectivity index (χ3v) is 9.94. The molecule has 0 amide bonds. The Balaban J connectivity index is 1.35. The number of carbonyl (C=O) groups excluding carboxylic acids is 4. The predicted molar refractivity (Wildman–Crippen MR) is 207 cm³/mol. The highest BCUT2D eigenvalue weighted by Gasteiger charge is 2.53. The average Bonchev–Trinajstić information content (AvgIpc) is 3.27. The van der Waals surface area contributed by atoms with Gasteiger partial charge in [0.1, 0.15) is 24.0 Å². The normalized spacial score (nSPS) is 19.1. The van der Waals surface area contributed by atoms with Crippen LogP contribution in [0.25, 0.3) is 11.1 Å². The van der Waals surface area contributed by atoms with Crippen LogP contribution < -0.4 is 4.74 Å². The lowest BCUT2D eigenvalue weighted by Crippen LogP contribution is -2.62. The summed E-state index contributed by atoms with van der Waals surface area (Å²) in [7, 11) is 0. The van der Waals surface area contributed by atoms with E-state index in [4.69, 9.17) is 28.4 Å². The lowest BCUT2D eigenvalue weighted by molar-refractivity contribution is -0.284. The highest BCUT2D eigenvalue weighted by atomic mass is 16.7. The van der Waals surface area contributed by atoms with Crippen molar-refractivity contribution in [2.45, 2.75) is 30.7 Å². The second-order valence-corrected chi connectivity index (χ2v) is 14.1. The van der Waals surface area contributed by atoms with Gasteiger partial charge in [-0.2, -0.15) is 0 Å². The maximum Gasteiger partial charge on any atom is 0.342 e. The van der Waals surface area contributed by atoms with Crippen LogP contribution in [0.3, 0.4) is 0 Å². The van der Waals surface area contributed by atoms with Gasteiger partial charge in [-0.05, 0) is 42.5 Å². The smallest absolute Gasteiger partial charge is 0.342 e. The van der Waals surface area contributed by atoms with E-state index in [2.05, 4.69) is 0 Å². The van der Waals surface area contributed by atoms with Crippen LogP contribution in [-0.4, -0.2) is 139 Å². The number of benzene rings is 5. The largest absolute Gasteiger partial charge is 0.504 e. The number of aliphatic hydroxyl groups excluding tert-OH is 1. The zero-order valence-corrected chi connectivity index (χ0v) is 32.5. The zero-order valence-electron chi connectivity index (χ0n) is 32.5. The minimum absolute atomic E-state index is 0.404. The molecule has 0 saturated carbocycles. The summed E-state index contributed by atoms with van der Waals surface area (Å²) in [6, 6.07) is 5.95. The molecular formula is C41H30O25. The average molecular weight is 923 g/mol. The molecule has 2 aliphatic rings. The molecule has 25 nitrogen and oxygen atoms in total. The summed E-state index contributed by atoms with van der Waals surface area (Å²) in [5, 5.41) is 146. The number of phenolic OH excluding ortho intramolecular Hbond substituents is 12. The third kappa shape index (κ3) is 7.99. The number of aromatic carboxylic acids is 1. The number of cyclic esters (lactones) is 1. The number of phenols is 12. The molecule has 2 heterocycles. The van der Waals surface area contributed by atoms with Crippen molar-refractivity contribution in [3.63, 3.8) is 0 Å². The summed E-state index contributed by atoms with van der Waals surface area (Å²) in [5.41, 5.74) is -6.05. The van der Waals surface area contributed by atoms with E-state index in [1.807, 2.05) is 0 Å². The zero-order chi connectivity index (χ0) is 48.2. The topological polar surface area (TPSA) is 424 Å². The van der Waals surface area contributed by atoms with E-state index in [1.165, 1.54) is 0 Å². The van der Waals surface area contributed by atoms with Crippen molar-refractivity contribution < 1.29 is 124 Å². The molecule has 14 N–H and O–H groups in total. The lowest BCUT2D eigenvalue weighted by atomic mass is 9.92. The van der Waals surface area contributed by atoms with Crippen LogP contribution in [0.1, 0.15) is 51.8 Å². The van der Waals surface area contributed by atoms with Gasteiger partial charge in [0, 0.05) is 23.3 Å². The molecule has 1 saturated heterocycles. The Morgan fingerprint density at radius 1 is 0.545 bits per heavy atom. The molecule has 66 heavy (non-hydrogen) atoms. The number of esters is 4. The van der Waals surface area contributed by atoms with Crippen LogP contribution >= 0.6 is 0 Å². The van der Waals surface area contributed by atoms with Crippen LogP contribution in [0.2, 0.25) is 0 Å². The third-order valence-electron chi connectivity index (χ3n) is 9.94. The number of carboxylic acids is 1. The Kier molecular flexibility index (Phi) is 11.4. The van der Waals surface area contributed by atoms with Gasteiger partial charge in [0.15, 0.2) is 87.8 Å². The molecule has 25 heteroatoms. The van der Waals surface area contributed by atoms with Gasteiger partial charge in [0.25, 0.3) is 0 Å². The van der Waals surface area contributed by atoms with Crippen molar-refractivity contribution in [1.82, 2.24) is 0 Å². The van der Waals surface area contributed by atoms with Gasteiger partial charge in [-0.3, -0.25) is 0 Å². The maximum absolute atomic E-state index is 14.3. The van der Waals surface area contributed by atoms with E-state index in [0.29, 0.717) is 36.4 Å². The fourth-order valence-corrected chi connectivity index (χ4v) is 6.73. The molecule has 1 fully saturated rings. The molecule has 7 rings (SSSR count).